The molecule has 0 amide bonds. The molecule has 0 heterocycles. The summed E-state index contributed by atoms with van der Waals surface area (Å²) >= 11 is 0.733. The summed E-state index contributed by atoms with van der Waals surface area (Å²) < 4.78 is 5.09. The maximum absolute atomic E-state index is 12.8. The standard InChI is InChI=1S/C20H36N2O4SSe/c1-12(2)11-15(17(23)26-20(5,6)7)22-16(13(3)4)19(25)28-18(24)14(21)9-10-27-8/h11,13-16,22H,9-10,21H2,1-8H3/t14-,15?,16-/m0/s1. The first kappa shape index (κ1) is 27.3. The Kier molecular flexibility index (Phi) is 12.5. The second kappa shape index (κ2) is 12.8. The summed E-state index contributed by atoms with van der Waals surface area (Å²) in [6.45, 7) is 12.9. The summed E-state index contributed by atoms with van der Waals surface area (Å²) in [7, 11) is 0. The third-order valence-corrected chi connectivity index (χ3v) is 6.23. The van der Waals surface area contributed by atoms with E-state index in [9.17, 15) is 14.4 Å². The molecule has 0 saturated carbocycles. The fourth-order valence-electron chi connectivity index (χ4n) is 2.21. The zero-order chi connectivity index (χ0) is 22.1. The normalized spacial score (nSPS) is 14.9. The zero-order valence-electron chi connectivity index (χ0n) is 18.3. The van der Waals surface area contributed by atoms with Gasteiger partial charge in [0.2, 0.25) is 0 Å². The van der Waals surface area contributed by atoms with Crippen LogP contribution in [0.3, 0.4) is 0 Å². The van der Waals surface area contributed by atoms with Gasteiger partial charge in [-0.2, -0.15) is 0 Å². The van der Waals surface area contributed by atoms with Crippen LogP contribution < -0.4 is 11.1 Å². The van der Waals surface area contributed by atoms with Crippen LogP contribution in [-0.2, 0) is 19.1 Å². The average molecular weight is 480 g/mol. The van der Waals surface area contributed by atoms with Gasteiger partial charge in [0.15, 0.2) is 0 Å². The topological polar surface area (TPSA) is 98.5 Å². The first-order valence-electron chi connectivity index (χ1n) is 9.42. The Morgan fingerprint density at radius 2 is 1.75 bits per heavy atom. The molecule has 0 aliphatic carbocycles. The van der Waals surface area contributed by atoms with Crippen LogP contribution >= 0.6 is 11.8 Å². The van der Waals surface area contributed by atoms with E-state index in [1.54, 1.807) is 38.6 Å². The van der Waals surface area contributed by atoms with Crippen LogP contribution in [0.1, 0.15) is 54.9 Å². The van der Waals surface area contributed by atoms with Gasteiger partial charge >= 0.3 is 180 Å². The summed E-state index contributed by atoms with van der Waals surface area (Å²) in [5.74, 6) is 0.257. The Bertz CT molecular complexity index is 569. The average Bonchev–Trinajstić information content (AvgIpc) is 2.53. The van der Waals surface area contributed by atoms with Gasteiger partial charge in [-0.25, -0.2) is 0 Å². The second-order valence-electron chi connectivity index (χ2n) is 8.27. The summed E-state index contributed by atoms with van der Waals surface area (Å²) in [4.78, 5) is 37.7. The molecular weight excluding hydrogens is 443 g/mol. The third kappa shape index (κ3) is 11.4. The van der Waals surface area contributed by atoms with Crippen molar-refractivity contribution >= 4 is 42.1 Å². The molecule has 3 N–H and O–H groups in total. The number of nitrogens with one attached hydrogen (secondary N) is 1. The molecule has 28 heavy (non-hydrogen) atoms. The molecule has 0 radical (unpaired) electrons. The van der Waals surface area contributed by atoms with Gasteiger partial charge in [0.05, 0.1) is 0 Å². The molecule has 0 bridgehead atoms. The van der Waals surface area contributed by atoms with E-state index in [2.05, 4.69) is 5.32 Å². The number of hydrogen-bond acceptors (Lipinski definition) is 7. The van der Waals surface area contributed by atoms with E-state index in [4.69, 9.17) is 10.5 Å². The molecule has 0 fully saturated rings. The van der Waals surface area contributed by atoms with Crippen LogP contribution in [0.5, 0.6) is 0 Å². The van der Waals surface area contributed by atoms with Crippen molar-refractivity contribution in [2.24, 2.45) is 11.7 Å². The van der Waals surface area contributed by atoms with E-state index in [-0.39, 0.29) is 15.3 Å². The van der Waals surface area contributed by atoms with Crippen LogP contribution in [0.25, 0.3) is 0 Å². The van der Waals surface area contributed by atoms with Gasteiger partial charge in [0.25, 0.3) is 0 Å². The molecule has 0 aromatic carbocycles. The quantitative estimate of drug-likeness (QED) is 0.251. The van der Waals surface area contributed by atoms with Gasteiger partial charge in [0.1, 0.15) is 0 Å². The van der Waals surface area contributed by atoms with Gasteiger partial charge in [0, 0.05) is 0 Å². The minimum absolute atomic E-state index is 0.0832. The molecule has 0 aromatic rings. The molecule has 0 saturated heterocycles. The van der Waals surface area contributed by atoms with Gasteiger partial charge < -0.3 is 0 Å². The summed E-state index contributed by atoms with van der Waals surface area (Å²) in [5.41, 5.74) is 6.21. The van der Waals surface area contributed by atoms with Crippen molar-refractivity contribution < 1.29 is 19.1 Å². The predicted molar refractivity (Wildman–Crippen MR) is 118 cm³/mol. The zero-order valence-corrected chi connectivity index (χ0v) is 20.9. The number of ether oxygens (including phenoxy) is 1. The molecule has 1 unspecified atom stereocenters. The summed E-state index contributed by atoms with van der Waals surface area (Å²) in [6.07, 6.45) is 4.26. The van der Waals surface area contributed by atoms with E-state index in [0.717, 1.165) is 11.3 Å². The Hall–Kier alpha value is -0.661. The fraction of sp³-hybridized carbons (Fsp3) is 0.750. The molecule has 162 valence electrons. The van der Waals surface area contributed by atoms with Crippen molar-refractivity contribution in [3.8, 4) is 0 Å². The van der Waals surface area contributed by atoms with Crippen molar-refractivity contribution in [3.05, 3.63) is 11.6 Å². The van der Waals surface area contributed by atoms with Crippen molar-refractivity contribution in [2.45, 2.75) is 78.6 Å². The minimum atomic E-state index is -0.886. The van der Waals surface area contributed by atoms with Crippen LogP contribution in [0.2, 0.25) is 0 Å². The van der Waals surface area contributed by atoms with Gasteiger partial charge in [-0.15, -0.1) is 0 Å². The first-order valence-corrected chi connectivity index (χ1v) is 12.5. The molecule has 6 nitrogen and oxygen atoms in total. The number of esters is 1. The van der Waals surface area contributed by atoms with Crippen LogP contribution in [0, 0.1) is 5.92 Å². The molecule has 0 aliphatic rings. The van der Waals surface area contributed by atoms with Gasteiger partial charge in [-0.1, -0.05) is 0 Å². The summed E-state index contributed by atoms with van der Waals surface area (Å²) in [6, 6.07) is -1.98. The van der Waals surface area contributed by atoms with Crippen LogP contribution in [0.15, 0.2) is 11.6 Å². The van der Waals surface area contributed by atoms with E-state index >= 15 is 0 Å². The van der Waals surface area contributed by atoms with Crippen LogP contribution in [-0.4, -0.2) is 66.0 Å². The number of hydrogen-bond donors (Lipinski definition) is 2. The van der Waals surface area contributed by atoms with E-state index in [1.807, 2.05) is 34.0 Å². The molecule has 8 heteroatoms. The van der Waals surface area contributed by atoms with Crippen molar-refractivity contribution in [2.75, 3.05) is 12.0 Å². The van der Waals surface area contributed by atoms with Crippen molar-refractivity contribution in [3.63, 3.8) is 0 Å². The Morgan fingerprint density at radius 1 is 1.18 bits per heavy atom. The molecule has 0 spiro atoms. The first-order chi connectivity index (χ1) is 12.8. The fourth-order valence-corrected chi connectivity index (χ4v) is 4.66. The van der Waals surface area contributed by atoms with Crippen molar-refractivity contribution in [1.82, 2.24) is 5.32 Å². The third-order valence-electron chi connectivity index (χ3n) is 3.58. The molecule has 0 aliphatic heterocycles. The molecule has 0 aromatic heterocycles. The Labute approximate surface area is 180 Å². The SMILES string of the molecule is CSCC[C@H](N)C(=O)[Se]C(=O)[C@@H](NC(C=C(C)C)C(=O)OC(C)(C)C)C(C)C. The molecule has 3 atom stereocenters. The number of carbonyl (C=O) groups is 3. The monoisotopic (exact) mass is 480 g/mol. The molecular formula is C20H36N2O4SSe. The van der Waals surface area contributed by atoms with E-state index < -0.39 is 44.7 Å². The Morgan fingerprint density at radius 3 is 2.18 bits per heavy atom. The van der Waals surface area contributed by atoms with Crippen LogP contribution in [0.4, 0.5) is 0 Å². The van der Waals surface area contributed by atoms with Crippen molar-refractivity contribution in [1.29, 1.82) is 0 Å². The van der Waals surface area contributed by atoms with Gasteiger partial charge in [-0.05, 0) is 0 Å². The summed E-state index contributed by atoms with van der Waals surface area (Å²) in [5, 5.41) is 3.11. The number of rotatable bonds is 12. The predicted octanol–water partition coefficient (Wildman–Crippen LogP) is 2.11. The number of carbonyl (C=O) groups excluding carboxylic acids is 3. The Balaban J connectivity index is 5.30. The van der Waals surface area contributed by atoms with E-state index in [0.29, 0.717) is 6.42 Å². The van der Waals surface area contributed by atoms with Gasteiger partial charge in [-0.3, -0.25) is 0 Å². The number of thioether (sulfide) groups is 1. The number of allylic oxidation sites excluding steroid dienone is 1. The number of nitrogens with two attached hydrogens (primary N) is 1. The maximum atomic E-state index is 12.8. The van der Waals surface area contributed by atoms with E-state index in [1.165, 1.54) is 0 Å². The molecule has 0 rings (SSSR count). The second-order valence-corrected chi connectivity index (χ2v) is 11.4.